The van der Waals surface area contributed by atoms with Crippen molar-refractivity contribution in [3.8, 4) is 11.5 Å². The topological polar surface area (TPSA) is 30.5 Å². The Labute approximate surface area is 149 Å². The van der Waals surface area contributed by atoms with Gasteiger partial charge in [-0.3, -0.25) is 0 Å². The van der Waals surface area contributed by atoms with Gasteiger partial charge in [-0.2, -0.15) is 0 Å². The second-order valence-corrected chi connectivity index (χ2v) is 5.88. The zero-order valence-electron chi connectivity index (χ0n) is 14.4. The average molecular weight is 333 g/mol. The normalized spacial score (nSPS) is 10.3. The highest BCUT2D eigenvalue weighted by atomic mass is 16.5. The highest BCUT2D eigenvalue weighted by Gasteiger charge is 1.99. The Kier molecular flexibility index (Phi) is 5.94. The lowest BCUT2D eigenvalue weighted by Crippen LogP contribution is -2.09. The molecule has 3 aromatic carbocycles. The summed E-state index contributed by atoms with van der Waals surface area (Å²) in [7, 11) is 0. The maximum atomic E-state index is 5.77. The van der Waals surface area contributed by atoms with Crippen LogP contribution in [0.15, 0.2) is 78.9 Å². The Hall–Kier alpha value is -2.94. The van der Waals surface area contributed by atoms with Gasteiger partial charge in [-0.05, 0) is 36.8 Å². The first-order chi connectivity index (χ1) is 12.3. The van der Waals surface area contributed by atoms with Crippen LogP contribution in [0.3, 0.4) is 0 Å². The number of hydrogen-bond acceptors (Lipinski definition) is 3. The van der Waals surface area contributed by atoms with Gasteiger partial charge in [0.1, 0.15) is 24.7 Å². The molecule has 0 atom stereocenters. The maximum Gasteiger partial charge on any atom is 0.122 e. The van der Waals surface area contributed by atoms with Crippen LogP contribution >= 0.6 is 0 Å². The Balaban J connectivity index is 1.46. The van der Waals surface area contributed by atoms with E-state index < -0.39 is 0 Å². The summed E-state index contributed by atoms with van der Waals surface area (Å²) in [4.78, 5) is 0. The van der Waals surface area contributed by atoms with Crippen LogP contribution in [0, 0.1) is 6.92 Å². The summed E-state index contributed by atoms with van der Waals surface area (Å²) in [6.45, 7) is 3.93. The molecule has 0 aliphatic heterocycles. The molecule has 0 amide bonds. The highest BCUT2D eigenvalue weighted by molar-refractivity contribution is 5.48. The summed E-state index contributed by atoms with van der Waals surface area (Å²) in [5.74, 6) is 1.70. The van der Waals surface area contributed by atoms with Crippen LogP contribution in [-0.2, 0) is 6.54 Å². The average Bonchev–Trinajstić information content (AvgIpc) is 2.65. The molecule has 3 aromatic rings. The fourth-order valence-electron chi connectivity index (χ4n) is 2.56. The van der Waals surface area contributed by atoms with Crippen molar-refractivity contribution in [3.05, 3.63) is 90.0 Å². The van der Waals surface area contributed by atoms with E-state index in [-0.39, 0.29) is 0 Å². The van der Waals surface area contributed by atoms with Gasteiger partial charge in [-0.25, -0.2) is 0 Å². The third kappa shape index (κ3) is 5.57. The fraction of sp³-hybridized carbons (Fsp3) is 0.182. The number of anilines is 1. The van der Waals surface area contributed by atoms with Crippen molar-refractivity contribution < 1.29 is 9.47 Å². The van der Waals surface area contributed by atoms with Crippen LogP contribution in [0.1, 0.15) is 11.1 Å². The minimum Gasteiger partial charge on any atom is -0.490 e. The molecule has 3 heteroatoms. The summed E-state index contributed by atoms with van der Waals surface area (Å²) >= 11 is 0. The molecule has 3 nitrogen and oxygen atoms in total. The molecule has 25 heavy (non-hydrogen) atoms. The predicted octanol–water partition coefficient (Wildman–Crippen LogP) is 5.06. The van der Waals surface area contributed by atoms with Gasteiger partial charge in [0, 0.05) is 18.3 Å². The minimum atomic E-state index is 0.510. The summed E-state index contributed by atoms with van der Waals surface area (Å²) in [6.07, 6.45) is 0. The Bertz CT molecular complexity index is 787. The standard InChI is InChI=1S/C22H23NO2/c1-18-7-5-8-19(15-18)17-23-20-9-6-12-22(16-20)25-14-13-24-21-10-3-2-4-11-21/h2-12,15-16,23H,13-14,17H2,1H3. The zero-order chi connectivity index (χ0) is 17.3. The van der Waals surface area contributed by atoms with Crippen molar-refractivity contribution in [1.82, 2.24) is 0 Å². The minimum absolute atomic E-state index is 0.510. The second kappa shape index (κ2) is 8.78. The quantitative estimate of drug-likeness (QED) is 0.584. The summed E-state index contributed by atoms with van der Waals surface area (Å²) in [5.41, 5.74) is 3.58. The molecule has 0 aromatic heterocycles. The molecule has 0 spiro atoms. The number of aryl methyl sites for hydroxylation is 1. The summed E-state index contributed by atoms with van der Waals surface area (Å²) < 4.78 is 11.4. The summed E-state index contributed by atoms with van der Waals surface area (Å²) in [5, 5.41) is 3.43. The van der Waals surface area contributed by atoms with E-state index in [0.29, 0.717) is 13.2 Å². The molecule has 0 saturated carbocycles. The lowest BCUT2D eigenvalue weighted by Gasteiger charge is -2.11. The van der Waals surface area contributed by atoms with Crippen molar-refractivity contribution in [1.29, 1.82) is 0 Å². The van der Waals surface area contributed by atoms with Gasteiger partial charge in [0.2, 0.25) is 0 Å². The molecule has 3 rings (SSSR count). The number of nitrogens with one attached hydrogen (secondary N) is 1. The van der Waals surface area contributed by atoms with Crippen LogP contribution in [-0.4, -0.2) is 13.2 Å². The molecule has 0 bridgehead atoms. The molecule has 0 heterocycles. The number of para-hydroxylation sites is 1. The van der Waals surface area contributed by atoms with Crippen LogP contribution in [0.5, 0.6) is 11.5 Å². The predicted molar refractivity (Wildman–Crippen MR) is 102 cm³/mol. The Morgan fingerprint density at radius 3 is 2.24 bits per heavy atom. The van der Waals surface area contributed by atoms with E-state index in [4.69, 9.17) is 9.47 Å². The molecule has 0 aliphatic carbocycles. The molecule has 0 saturated heterocycles. The Morgan fingerprint density at radius 1 is 0.720 bits per heavy atom. The number of benzene rings is 3. The highest BCUT2D eigenvalue weighted by Crippen LogP contribution is 2.18. The summed E-state index contributed by atoms with van der Waals surface area (Å²) in [6, 6.07) is 26.3. The lowest BCUT2D eigenvalue weighted by atomic mass is 10.1. The Morgan fingerprint density at radius 2 is 1.44 bits per heavy atom. The van der Waals surface area contributed by atoms with Gasteiger partial charge in [0.05, 0.1) is 0 Å². The van der Waals surface area contributed by atoms with E-state index >= 15 is 0 Å². The molecule has 0 unspecified atom stereocenters. The van der Waals surface area contributed by atoms with Crippen molar-refractivity contribution >= 4 is 5.69 Å². The van der Waals surface area contributed by atoms with Crippen LogP contribution < -0.4 is 14.8 Å². The maximum absolute atomic E-state index is 5.77. The first-order valence-corrected chi connectivity index (χ1v) is 8.50. The monoisotopic (exact) mass is 333 g/mol. The molecule has 0 aliphatic rings. The third-order valence-electron chi connectivity index (χ3n) is 3.78. The molecule has 1 N–H and O–H groups in total. The first kappa shape index (κ1) is 16.9. The van der Waals surface area contributed by atoms with E-state index in [9.17, 15) is 0 Å². The van der Waals surface area contributed by atoms with E-state index in [1.165, 1.54) is 11.1 Å². The van der Waals surface area contributed by atoms with Gasteiger partial charge in [0.25, 0.3) is 0 Å². The molecule has 128 valence electrons. The molecular weight excluding hydrogens is 310 g/mol. The van der Waals surface area contributed by atoms with Crippen molar-refractivity contribution in [2.24, 2.45) is 0 Å². The SMILES string of the molecule is Cc1cccc(CNc2cccc(OCCOc3ccccc3)c2)c1. The van der Waals surface area contributed by atoms with E-state index in [2.05, 4.69) is 36.5 Å². The lowest BCUT2D eigenvalue weighted by molar-refractivity contribution is 0.217. The van der Waals surface area contributed by atoms with Crippen molar-refractivity contribution in [3.63, 3.8) is 0 Å². The van der Waals surface area contributed by atoms with Gasteiger partial charge in [-0.1, -0.05) is 54.1 Å². The van der Waals surface area contributed by atoms with Gasteiger partial charge in [-0.15, -0.1) is 0 Å². The molecular formula is C22H23NO2. The van der Waals surface area contributed by atoms with Gasteiger partial charge in [0.15, 0.2) is 0 Å². The first-order valence-electron chi connectivity index (χ1n) is 8.50. The molecule has 0 radical (unpaired) electrons. The van der Waals surface area contributed by atoms with E-state index in [1.54, 1.807) is 0 Å². The van der Waals surface area contributed by atoms with Gasteiger partial charge >= 0.3 is 0 Å². The van der Waals surface area contributed by atoms with E-state index in [0.717, 1.165) is 23.7 Å². The number of rotatable bonds is 8. The fourth-order valence-corrected chi connectivity index (χ4v) is 2.56. The van der Waals surface area contributed by atoms with Gasteiger partial charge < -0.3 is 14.8 Å². The largest absolute Gasteiger partial charge is 0.490 e. The van der Waals surface area contributed by atoms with Crippen LogP contribution in [0.25, 0.3) is 0 Å². The smallest absolute Gasteiger partial charge is 0.122 e. The zero-order valence-corrected chi connectivity index (χ0v) is 14.4. The second-order valence-electron chi connectivity index (χ2n) is 5.88. The number of ether oxygens (including phenoxy) is 2. The van der Waals surface area contributed by atoms with Crippen LogP contribution in [0.2, 0.25) is 0 Å². The number of hydrogen-bond donors (Lipinski definition) is 1. The van der Waals surface area contributed by atoms with Crippen LogP contribution in [0.4, 0.5) is 5.69 Å². The molecule has 0 fully saturated rings. The van der Waals surface area contributed by atoms with E-state index in [1.807, 2.05) is 54.6 Å². The third-order valence-corrected chi connectivity index (χ3v) is 3.78. The van der Waals surface area contributed by atoms with Crippen molar-refractivity contribution in [2.45, 2.75) is 13.5 Å². The van der Waals surface area contributed by atoms with Crippen molar-refractivity contribution in [2.75, 3.05) is 18.5 Å².